The topological polar surface area (TPSA) is 12.0 Å². The summed E-state index contributed by atoms with van der Waals surface area (Å²) in [6.45, 7) is 0.481. The highest BCUT2D eigenvalue weighted by molar-refractivity contribution is 6.25. The Labute approximate surface area is 80.0 Å². The van der Waals surface area contributed by atoms with Crippen molar-refractivity contribution >= 4 is 17.3 Å². The molecular weight excluding hydrogens is 196 g/mol. The molecule has 1 rings (SSSR count). The first-order valence-corrected chi connectivity index (χ1v) is 4.12. The van der Waals surface area contributed by atoms with Crippen molar-refractivity contribution in [1.82, 2.24) is 0 Å². The highest BCUT2D eigenvalue weighted by Gasteiger charge is 2.00. The van der Waals surface area contributed by atoms with Crippen LogP contribution in [-0.2, 0) is 0 Å². The van der Waals surface area contributed by atoms with Gasteiger partial charge in [-0.05, 0) is 12.1 Å². The van der Waals surface area contributed by atoms with Gasteiger partial charge in [-0.2, -0.15) is 0 Å². The molecule has 1 N–H and O–H groups in total. The molecule has 0 radical (unpaired) electrons. The Bertz CT molecular complexity index is 312. The number of nitrogens with one attached hydrogen (secondary N) is 1. The second-order valence-electron chi connectivity index (χ2n) is 2.37. The lowest BCUT2D eigenvalue weighted by atomic mass is 10.3. The van der Waals surface area contributed by atoms with Gasteiger partial charge in [0.1, 0.15) is 0 Å². The summed E-state index contributed by atoms with van der Waals surface area (Å²) >= 11 is 5.27. The first-order chi connectivity index (χ1) is 6.24. The number of hydrogen-bond acceptors (Lipinski definition) is 1. The molecule has 1 nitrogen and oxygen atoms in total. The molecule has 1 aromatic rings. The monoisotopic (exact) mass is 203 g/mol. The molecule has 0 unspecified atom stereocenters. The number of benzene rings is 1. The van der Waals surface area contributed by atoms with Crippen molar-refractivity contribution in [2.24, 2.45) is 0 Å². The zero-order valence-electron chi connectivity index (χ0n) is 6.73. The highest BCUT2D eigenvalue weighted by Crippen LogP contribution is 2.12. The average molecular weight is 204 g/mol. The third-order valence-electron chi connectivity index (χ3n) is 1.43. The van der Waals surface area contributed by atoms with E-state index in [1.807, 2.05) is 0 Å². The summed E-state index contributed by atoms with van der Waals surface area (Å²) in [5, 5.41) is 2.84. The summed E-state index contributed by atoms with van der Waals surface area (Å²) < 4.78 is 25.1. The summed E-state index contributed by atoms with van der Waals surface area (Å²) in [6, 6.07) is 3.62. The van der Waals surface area contributed by atoms with Crippen LogP contribution >= 0.6 is 11.6 Å². The molecule has 0 fully saturated rings. The highest BCUT2D eigenvalue weighted by atomic mass is 35.5. The van der Waals surface area contributed by atoms with Crippen LogP contribution in [0.5, 0.6) is 0 Å². The summed E-state index contributed by atoms with van der Waals surface area (Å²) in [5.41, 5.74) is 1.88. The van der Waals surface area contributed by atoms with E-state index in [-0.39, 0.29) is 0 Å². The molecule has 0 aliphatic rings. The lowest BCUT2D eigenvalue weighted by Crippen LogP contribution is -1.98. The summed E-state index contributed by atoms with van der Waals surface area (Å²) in [6.07, 6.45) is 1.66. The molecule has 0 spiro atoms. The smallest absolute Gasteiger partial charge is 0.160 e. The van der Waals surface area contributed by atoms with E-state index in [0.717, 1.165) is 12.1 Å². The predicted octanol–water partition coefficient (Wildman–Crippen LogP) is 3.13. The Balaban J connectivity index is 2.63. The zero-order chi connectivity index (χ0) is 9.68. The summed E-state index contributed by atoms with van der Waals surface area (Å²) in [7, 11) is 0. The Morgan fingerprint density at radius 3 is 2.69 bits per heavy atom. The molecule has 0 aromatic heterocycles. The maximum absolute atomic E-state index is 12.6. The van der Waals surface area contributed by atoms with E-state index in [2.05, 4.69) is 5.32 Å². The van der Waals surface area contributed by atoms with Crippen molar-refractivity contribution in [2.45, 2.75) is 0 Å². The fraction of sp³-hybridized carbons (Fsp3) is 0.111. The van der Waals surface area contributed by atoms with Gasteiger partial charge in [-0.15, -0.1) is 0 Å². The van der Waals surface area contributed by atoms with Crippen molar-refractivity contribution in [1.29, 1.82) is 0 Å². The maximum atomic E-state index is 12.6. The Morgan fingerprint density at radius 2 is 2.08 bits per heavy atom. The van der Waals surface area contributed by atoms with E-state index < -0.39 is 11.6 Å². The standard InChI is InChI=1S/C9H8ClF2N/c10-4-1-5-13-7-2-3-8(11)9(12)6-7/h1-4,6,13H,5H2/b4-1+. The van der Waals surface area contributed by atoms with Crippen LogP contribution in [0.1, 0.15) is 0 Å². The van der Waals surface area contributed by atoms with E-state index in [1.54, 1.807) is 6.08 Å². The molecule has 0 aliphatic carbocycles. The van der Waals surface area contributed by atoms with Gasteiger partial charge < -0.3 is 5.32 Å². The number of halogens is 3. The van der Waals surface area contributed by atoms with E-state index in [1.165, 1.54) is 11.6 Å². The zero-order valence-corrected chi connectivity index (χ0v) is 7.48. The van der Waals surface area contributed by atoms with Crippen LogP contribution in [0.3, 0.4) is 0 Å². The molecule has 0 bridgehead atoms. The van der Waals surface area contributed by atoms with Crippen LogP contribution in [-0.4, -0.2) is 6.54 Å². The lowest BCUT2D eigenvalue weighted by molar-refractivity contribution is 0.509. The molecule has 0 amide bonds. The van der Waals surface area contributed by atoms with E-state index in [4.69, 9.17) is 11.6 Å². The van der Waals surface area contributed by atoms with Gasteiger partial charge in [0.05, 0.1) is 0 Å². The van der Waals surface area contributed by atoms with Gasteiger partial charge in [0, 0.05) is 23.8 Å². The van der Waals surface area contributed by atoms with Gasteiger partial charge >= 0.3 is 0 Å². The maximum Gasteiger partial charge on any atom is 0.160 e. The number of anilines is 1. The van der Waals surface area contributed by atoms with Crippen LogP contribution < -0.4 is 5.32 Å². The van der Waals surface area contributed by atoms with Crippen LogP contribution in [0.25, 0.3) is 0 Å². The first-order valence-electron chi connectivity index (χ1n) is 3.68. The quantitative estimate of drug-likeness (QED) is 0.796. The molecule has 0 atom stereocenters. The second kappa shape index (κ2) is 4.82. The van der Waals surface area contributed by atoms with E-state index in [9.17, 15) is 8.78 Å². The van der Waals surface area contributed by atoms with Gasteiger partial charge in [-0.3, -0.25) is 0 Å². The molecule has 1 aromatic carbocycles. The molecule has 0 heterocycles. The third-order valence-corrected chi connectivity index (χ3v) is 1.61. The molecule has 0 saturated carbocycles. The van der Waals surface area contributed by atoms with Crippen LogP contribution in [0.4, 0.5) is 14.5 Å². The summed E-state index contributed by atoms with van der Waals surface area (Å²) in [5.74, 6) is -1.71. The van der Waals surface area contributed by atoms with Gasteiger partial charge in [0.25, 0.3) is 0 Å². The summed E-state index contributed by atoms with van der Waals surface area (Å²) in [4.78, 5) is 0. The van der Waals surface area contributed by atoms with Crippen LogP contribution in [0.15, 0.2) is 29.8 Å². The lowest BCUT2D eigenvalue weighted by Gasteiger charge is -2.02. The fourth-order valence-corrected chi connectivity index (χ4v) is 0.916. The van der Waals surface area contributed by atoms with Gasteiger partial charge in [-0.25, -0.2) is 8.78 Å². The molecule has 4 heteroatoms. The van der Waals surface area contributed by atoms with Crippen molar-refractivity contribution in [2.75, 3.05) is 11.9 Å². The molecular formula is C9H8ClF2N. The molecule has 13 heavy (non-hydrogen) atoms. The number of hydrogen-bond donors (Lipinski definition) is 1. The third kappa shape index (κ3) is 3.03. The van der Waals surface area contributed by atoms with Gasteiger partial charge in [-0.1, -0.05) is 17.7 Å². The van der Waals surface area contributed by atoms with Crippen molar-refractivity contribution < 1.29 is 8.78 Å². The van der Waals surface area contributed by atoms with E-state index in [0.29, 0.717) is 12.2 Å². The van der Waals surface area contributed by atoms with Crippen LogP contribution in [0, 0.1) is 11.6 Å². The Hall–Kier alpha value is -1.09. The van der Waals surface area contributed by atoms with Crippen molar-refractivity contribution in [3.8, 4) is 0 Å². The van der Waals surface area contributed by atoms with Gasteiger partial charge in [0.2, 0.25) is 0 Å². The minimum Gasteiger partial charge on any atom is -0.381 e. The minimum atomic E-state index is -0.861. The minimum absolute atomic E-state index is 0.481. The van der Waals surface area contributed by atoms with Crippen molar-refractivity contribution in [3.63, 3.8) is 0 Å². The van der Waals surface area contributed by atoms with Crippen LogP contribution in [0.2, 0.25) is 0 Å². The van der Waals surface area contributed by atoms with Gasteiger partial charge in [0.15, 0.2) is 11.6 Å². The van der Waals surface area contributed by atoms with E-state index >= 15 is 0 Å². The predicted molar refractivity (Wildman–Crippen MR) is 49.8 cm³/mol. The Morgan fingerprint density at radius 1 is 1.31 bits per heavy atom. The molecule has 70 valence electrons. The number of rotatable bonds is 3. The average Bonchev–Trinajstić information content (AvgIpc) is 2.12. The fourth-order valence-electron chi connectivity index (χ4n) is 0.827. The normalized spacial score (nSPS) is 10.7. The largest absolute Gasteiger partial charge is 0.381 e. The molecule has 0 saturated heterocycles. The first kappa shape index (κ1) is 9.99. The Kier molecular flexibility index (Phi) is 3.71. The molecule has 0 aliphatic heterocycles. The second-order valence-corrected chi connectivity index (χ2v) is 2.62. The SMILES string of the molecule is Fc1ccc(NC/C=C/Cl)cc1F. The van der Waals surface area contributed by atoms with Crippen molar-refractivity contribution in [3.05, 3.63) is 41.4 Å².